The van der Waals surface area contributed by atoms with Gasteiger partial charge in [0.2, 0.25) is 11.8 Å². The lowest BCUT2D eigenvalue weighted by Crippen LogP contribution is -2.51. The van der Waals surface area contributed by atoms with Crippen molar-refractivity contribution in [2.75, 3.05) is 13.7 Å². The Bertz CT molecular complexity index is 1350. The molecule has 0 radical (unpaired) electrons. The van der Waals surface area contributed by atoms with Gasteiger partial charge in [-0.1, -0.05) is 81.5 Å². The number of hydrogen-bond donors (Lipinski definition) is 2. The molecule has 1 heterocycles. The summed E-state index contributed by atoms with van der Waals surface area (Å²) in [7, 11) is 1.57. The van der Waals surface area contributed by atoms with Crippen molar-refractivity contribution in [3.63, 3.8) is 0 Å². The van der Waals surface area contributed by atoms with Crippen molar-refractivity contribution in [1.29, 1.82) is 0 Å². The average Bonchev–Trinajstić information content (AvgIpc) is 3.01. The fourth-order valence-corrected chi connectivity index (χ4v) is 4.69. The fraction of sp³-hybridized carbons (Fsp3) is 0.444. The van der Waals surface area contributed by atoms with Crippen molar-refractivity contribution in [2.45, 2.75) is 72.1 Å². The lowest BCUT2D eigenvalue weighted by Gasteiger charge is -2.29. The predicted octanol–water partition coefficient (Wildman–Crippen LogP) is 5.04. The van der Waals surface area contributed by atoms with E-state index in [2.05, 4.69) is 10.6 Å². The van der Waals surface area contributed by atoms with Crippen LogP contribution < -0.4 is 15.4 Å². The Morgan fingerprint density at radius 1 is 0.978 bits per heavy atom. The maximum absolute atomic E-state index is 13.5. The van der Waals surface area contributed by atoms with E-state index in [4.69, 9.17) is 14.2 Å². The number of esters is 2. The molecular formula is C36H46N2O7. The van der Waals surface area contributed by atoms with Crippen LogP contribution in [0.2, 0.25) is 0 Å². The molecule has 2 aromatic carbocycles. The van der Waals surface area contributed by atoms with Crippen LogP contribution in [0.15, 0.2) is 72.8 Å². The number of rotatable bonds is 8. The van der Waals surface area contributed by atoms with Gasteiger partial charge in [-0.05, 0) is 55.5 Å². The number of cyclic esters (lactones) is 2. The monoisotopic (exact) mass is 618 g/mol. The molecule has 2 amide bonds. The minimum Gasteiger partial charge on any atom is -0.497 e. The van der Waals surface area contributed by atoms with Crippen molar-refractivity contribution >= 4 is 29.8 Å². The van der Waals surface area contributed by atoms with Crippen LogP contribution in [-0.4, -0.2) is 55.7 Å². The Kier molecular flexibility index (Phi) is 12.9. The molecule has 2 N–H and O–H groups in total. The summed E-state index contributed by atoms with van der Waals surface area (Å²) in [5.74, 6) is -1.72. The number of ether oxygens (including phenoxy) is 3. The third-order valence-corrected chi connectivity index (χ3v) is 7.57. The molecule has 2 aromatic rings. The van der Waals surface area contributed by atoms with Crippen molar-refractivity contribution < 1.29 is 33.4 Å². The second kappa shape index (κ2) is 16.6. The molecule has 1 aliphatic heterocycles. The fourth-order valence-electron chi connectivity index (χ4n) is 4.69. The van der Waals surface area contributed by atoms with Gasteiger partial charge in [-0.25, -0.2) is 4.79 Å². The van der Waals surface area contributed by atoms with Gasteiger partial charge in [0.05, 0.1) is 12.5 Å². The van der Waals surface area contributed by atoms with Crippen molar-refractivity contribution in [1.82, 2.24) is 10.6 Å². The maximum atomic E-state index is 13.5. The van der Waals surface area contributed by atoms with Crippen LogP contribution in [0.5, 0.6) is 5.75 Å². The second-order valence-electron chi connectivity index (χ2n) is 12.5. The van der Waals surface area contributed by atoms with Crippen LogP contribution in [0.25, 0.3) is 6.08 Å². The summed E-state index contributed by atoms with van der Waals surface area (Å²) in [5, 5.41) is 5.57. The van der Waals surface area contributed by atoms with E-state index >= 15 is 0 Å². The highest BCUT2D eigenvalue weighted by Crippen LogP contribution is 2.23. The summed E-state index contributed by atoms with van der Waals surface area (Å²) in [5.41, 5.74) is 0.645. The van der Waals surface area contributed by atoms with Crippen LogP contribution in [0, 0.1) is 17.3 Å². The van der Waals surface area contributed by atoms with Gasteiger partial charge in [-0.15, -0.1) is 0 Å². The van der Waals surface area contributed by atoms with Gasteiger partial charge in [0.1, 0.15) is 17.9 Å². The highest BCUT2D eigenvalue weighted by molar-refractivity contribution is 5.93. The molecule has 0 bridgehead atoms. The third-order valence-electron chi connectivity index (χ3n) is 7.57. The molecule has 0 aliphatic carbocycles. The Balaban J connectivity index is 1.92. The molecule has 4 atom stereocenters. The number of hydrogen-bond acceptors (Lipinski definition) is 7. The zero-order valence-corrected chi connectivity index (χ0v) is 27.1. The molecule has 242 valence electrons. The molecule has 0 saturated carbocycles. The molecule has 45 heavy (non-hydrogen) atoms. The molecule has 0 saturated heterocycles. The van der Waals surface area contributed by atoms with Gasteiger partial charge in [-0.2, -0.15) is 0 Å². The summed E-state index contributed by atoms with van der Waals surface area (Å²) in [4.78, 5) is 53.2. The zero-order valence-electron chi connectivity index (χ0n) is 27.1. The highest BCUT2D eigenvalue weighted by atomic mass is 16.6. The van der Waals surface area contributed by atoms with Gasteiger partial charge in [0.25, 0.3) is 0 Å². The van der Waals surface area contributed by atoms with Gasteiger partial charge in [0.15, 0.2) is 6.10 Å². The first kappa shape index (κ1) is 35.1. The number of carbonyl (C=O) groups is 4. The summed E-state index contributed by atoms with van der Waals surface area (Å²) in [6.45, 7) is 8.98. The van der Waals surface area contributed by atoms with Crippen LogP contribution in [0.4, 0.5) is 0 Å². The van der Waals surface area contributed by atoms with Gasteiger partial charge >= 0.3 is 11.9 Å². The lowest BCUT2D eigenvalue weighted by atomic mass is 9.93. The largest absolute Gasteiger partial charge is 0.497 e. The van der Waals surface area contributed by atoms with E-state index in [1.165, 1.54) is 6.08 Å². The number of nitrogens with one attached hydrogen (secondary N) is 2. The minimum atomic E-state index is -1.16. The number of benzene rings is 2. The van der Waals surface area contributed by atoms with E-state index in [1.807, 2.05) is 75.4 Å². The molecule has 1 aliphatic rings. The molecule has 0 aromatic heterocycles. The van der Waals surface area contributed by atoms with Crippen LogP contribution in [-0.2, 0) is 35.1 Å². The average molecular weight is 619 g/mol. The standard InChI is InChI=1S/C36H46N2O7/c1-24(2)21-31-34(41)44-30(25(3)15-16-26-11-8-7-9-12-26)13-10-14-32(39)38-29(22-27-17-19-28(43-6)20-18-27)33(40)37-23-36(4,5)35(42)45-31/h7-12,14-20,24-25,29-31H,13,21-23H2,1-6H3,(H,37,40)(H,38,39)/b14-10+,16-15+/t25-,29-,30+,31+/m1/s1. The molecule has 0 fully saturated rings. The molecule has 0 unspecified atom stereocenters. The number of carbonyl (C=O) groups excluding carboxylic acids is 4. The zero-order chi connectivity index (χ0) is 33.0. The molecular weight excluding hydrogens is 572 g/mol. The first-order valence-corrected chi connectivity index (χ1v) is 15.4. The van der Waals surface area contributed by atoms with E-state index in [1.54, 1.807) is 39.2 Å². The summed E-state index contributed by atoms with van der Waals surface area (Å²) >= 11 is 0. The van der Waals surface area contributed by atoms with Gasteiger partial charge in [0, 0.05) is 25.3 Å². The van der Waals surface area contributed by atoms with E-state index in [0.717, 1.165) is 11.1 Å². The van der Waals surface area contributed by atoms with Gasteiger partial charge < -0.3 is 24.8 Å². The number of methoxy groups -OCH3 is 1. The summed E-state index contributed by atoms with van der Waals surface area (Å²) < 4.78 is 17.0. The predicted molar refractivity (Wildman–Crippen MR) is 173 cm³/mol. The second-order valence-corrected chi connectivity index (χ2v) is 12.5. The van der Waals surface area contributed by atoms with E-state index < -0.39 is 47.4 Å². The van der Waals surface area contributed by atoms with E-state index in [0.29, 0.717) is 5.75 Å². The van der Waals surface area contributed by atoms with Crippen molar-refractivity contribution in [3.8, 4) is 5.75 Å². The first-order valence-electron chi connectivity index (χ1n) is 15.4. The Labute approximate surface area is 266 Å². The summed E-state index contributed by atoms with van der Waals surface area (Å²) in [6.07, 6.45) is 5.83. The van der Waals surface area contributed by atoms with E-state index in [-0.39, 0.29) is 37.6 Å². The number of amides is 2. The third kappa shape index (κ3) is 11.2. The SMILES string of the molecule is COc1ccc(C[C@H]2NC(=O)/C=C/C[C@@H]([C@H](C)/C=C/c3ccccc3)OC(=O)[C@H](CC(C)C)OC(=O)C(C)(C)CNC2=O)cc1. The first-order chi connectivity index (χ1) is 21.4. The molecule has 9 nitrogen and oxygen atoms in total. The minimum absolute atomic E-state index is 0.0416. The maximum Gasteiger partial charge on any atom is 0.347 e. The van der Waals surface area contributed by atoms with Crippen molar-refractivity contribution in [2.24, 2.45) is 17.3 Å². The van der Waals surface area contributed by atoms with E-state index in [9.17, 15) is 19.2 Å². The van der Waals surface area contributed by atoms with Crippen LogP contribution >= 0.6 is 0 Å². The Morgan fingerprint density at radius 2 is 1.67 bits per heavy atom. The van der Waals surface area contributed by atoms with Gasteiger partial charge in [-0.3, -0.25) is 14.4 Å². The smallest absolute Gasteiger partial charge is 0.347 e. The lowest BCUT2D eigenvalue weighted by molar-refractivity contribution is -0.178. The Hall–Kier alpha value is -4.40. The quantitative estimate of drug-likeness (QED) is 0.398. The topological polar surface area (TPSA) is 120 Å². The molecule has 3 rings (SSSR count). The molecule has 9 heteroatoms. The summed E-state index contributed by atoms with van der Waals surface area (Å²) in [6, 6.07) is 16.1. The normalized spacial score (nSPS) is 23.0. The van der Waals surface area contributed by atoms with Crippen LogP contribution in [0.1, 0.15) is 58.6 Å². The van der Waals surface area contributed by atoms with Crippen molar-refractivity contribution in [3.05, 3.63) is 84.0 Å². The highest BCUT2D eigenvalue weighted by Gasteiger charge is 2.37. The Morgan fingerprint density at radius 3 is 2.31 bits per heavy atom. The molecule has 0 spiro atoms. The van der Waals surface area contributed by atoms with Crippen LogP contribution in [0.3, 0.4) is 0 Å².